The molecule has 0 radical (unpaired) electrons. The largest absolute Gasteiger partial charge is 0.497 e. The molecule has 1 aliphatic heterocycles. The average Bonchev–Trinajstić information content (AvgIpc) is 3.38. The summed E-state index contributed by atoms with van der Waals surface area (Å²) in [5.74, 6) is 1.85. The van der Waals surface area contributed by atoms with E-state index in [1.165, 1.54) is 11.2 Å². The van der Waals surface area contributed by atoms with Crippen molar-refractivity contribution in [3.8, 4) is 5.75 Å². The quantitative estimate of drug-likeness (QED) is 0.751. The number of anilines is 1. The van der Waals surface area contributed by atoms with E-state index in [0.29, 0.717) is 12.4 Å². The van der Waals surface area contributed by atoms with E-state index in [0.717, 1.165) is 29.0 Å². The van der Waals surface area contributed by atoms with Crippen LogP contribution in [0.25, 0.3) is 0 Å². The van der Waals surface area contributed by atoms with Gasteiger partial charge in [0.05, 0.1) is 7.11 Å². The van der Waals surface area contributed by atoms with Crippen molar-refractivity contribution in [1.82, 2.24) is 14.8 Å². The second-order valence-electron chi connectivity index (χ2n) is 6.76. The zero-order valence-electron chi connectivity index (χ0n) is 14.8. The fourth-order valence-corrected chi connectivity index (χ4v) is 4.80. The summed E-state index contributed by atoms with van der Waals surface area (Å²) in [5, 5.41) is 9.79. The summed E-state index contributed by atoms with van der Waals surface area (Å²) in [6.07, 6.45) is 2.86. The van der Waals surface area contributed by atoms with Gasteiger partial charge in [0, 0.05) is 28.5 Å². The summed E-state index contributed by atoms with van der Waals surface area (Å²) in [7, 11) is 1.64. The van der Waals surface area contributed by atoms with Crippen LogP contribution < -0.4 is 10.1 Å². The van der Waals surface area contributed by atoms with Crippen LogP contribution in [-0.4, -0.2) is 27.7 Å². The Balaban J connectivity index is 1.60. The van der Waals surface area contributed by atoms with Gasteiger partial charge in [-0.3, -0.25) is 4.79 Å². The van der Waals surface area contributed by atoms with Crippen LogP contribution in [0, 0.1) is 0 Å². The third kappa shape index (κ3) is 2.66. The Morgan fingerprint density at radius 3 is 2.81 bits per heavy atom. The maximum Gasteiger partial charge on any atom is 0.226 e. The van der Waals surface area contributed by atoms with Crippen molar-refractivity contribution in [2.75, 3.05) is 12.4 Å². The molecule has 2 unspecified atom stereocenters. The van der Waals surface area contributed by atoms with Gasteiger partial charge >= 0.3 is 0 Å². The lowest BCUT2D eigenvalue weighted by Crippen LogP contribution is -2.33. The van der Waals surface area contributed by atoms with Crippen LogP contribution in [0.3, 0.4) is 0 Å². The number of fused-ring (bicyclic) bond motifs is 1. The van der Waals surface area contributed by atoms with Crippen molar-refractivity contribution in [2.45, 2.75) is 24.8 Å². The molecule has 0 amide bonds. The number of Topliss-reactive ketones (excluding diaryl/α,β-unsaturated/α-hetero) is 1. The maximum absolute atomic E-state index is 13.2. The van der Waals surface area contributed by atoms with E-state index in [1.807, 2.05) is 30.3 Å². The Morgan fingerprint density at radius 2 is 2.07 bits per heavy atom. The smallest absolute Gasteiger partial charge is 0.226 e. The number of nitrogens with zero attached hydrogens (tertiary/aromatic N) is 3. The summed E-state index contributed by atoms with van der Waals surface area (Å²) >= 11 is 1.71. The highest BCUT2D eigenvalue weighted by atomic mass is 32.1. The van der Waals surface area contributed by atoms with Gasteiger partial charge in [0.15, 0.2) is 5.78 Å². The second-order valence-corrected chi connectivity index (χ2v) is 7.74. The number of allylic oxidation sites excluding steroid dienone is 2. The fourth-order valence-electron chi connectivity index (χ4n) is 3.97. The number of hydrogen-bond acceptors (Lipinski definition) is 6. The van der Waals surface area contributed by atoms with Gasteiger partial charge < -0.3 is 10.1 Å². The highest BCUT2D eigenvalue weighted by Gasteiger charge is 2.39. The van der Waals surface area contributed by atoms with Gasteiger partial charge in [0.2, 0.25) is 5.95 Å². The molecule has 3 aromatic rings. The molecular weight excluding hydrogens is 360 g/mol. The van der Waals surface area contributed by atoms with E-state index >= 15 is 0 Å². The van der Waals surface area contributed by atoms with Crippen LogP contribution in [-0.2, 0) is 4.79 Å². The molecule has 7 heteroatoms. The molecule has 3 heterocycles. The van der Waals surface area contributed by atoms with Gasteiger partial charge in [0.25, 0.3) is 0 Å². The van der Waals surface area contributed by atoms with Gasteiger partial charge in [-0.05, 0) is 35.6 Å². The number of thiophene rings is 1. The summed E-state index contributed by atoms with van der Waals surface area (Å²) in [6.45, 7) is 0. The molecule has 0 saturated heterocycles. The number of benzene rings is 1. The SMILES string of the molecule is COc1ccc(C2C3=C(CC(c4cccs4)CC3=O)Nc3ncnn32)cc1. The monoisotopic (exact) mass is 378 g/mol. The molecule has 27 heavy (non-hydrogen) atoms. The van der Waals surface area contributed by atoms with E-state index in [2.05, 4.69) is 26.8 Å². The molecule has 0 bridgehead atoms. The van der Waals surface area contributed by atoms with Crippen LogP contribution >= 0.6 is 11.3 Å². The van der Waals surface area contributed by atoms with Gasteiger partial charge in [-0.15, -0.1) is 11.3 Å². The van der Waals surface area contributed by atoms with E-state index in [-0.39, 0.29) is 17.7 Å². The highest BCUT2D eigenvalue weighted by Crippen LogP contribution is 2.44. The first-order valence-corrected chi connectivity index (χ1v) is 9.72. The van der Waals surface area contributed by atoms with Gasteiger partial charge in [0.1, 0.15) is 18.1 Å². The molecular formula is C20H18N4O2S. The van der Waals surface area contributed by atoms with Crippen molar-refractivity contribution >= 4 is 23.1 Å². The number of carbonyl (C=O) groups is 1. The first kappa shape index (κ1) is 16.3. The van der Waals surface area contributed by atoms with Crippen molar-refractivity contribution in [3.05, 3.63) is 69.8 Å². The van der Waals surface area contributed by atoms with Crippen molar-refractivity contribution in [3.63, 3.8) is 0 Å². The normalized spacial score (nSPS) is 21.4. The van der Waals surface area contributed by atoms with Gasteiger partial charge in [-0.25, -0.2) is 4.68 Å². The Labute approximate surface area is 160 Å². The highest BCUT2D eigenvalue weighted by molar-refractivity contribution is 7.10. The minimum absolute atomic E-state index is 0.170. The molecule has 0 spiro atoms. The maximum atomic E-state index is 13.2. The number of hydrogen-bond donors (Lipinski definition) is 1. The van der Waals surface area contributed by atoms with Crippen molar-refractivity contribution < 1.29 is 9.53 Å². The van der Waals surface area contributed by atoms with E-state index in [4.69, 9.17) is 4.74 Å². The van der Waals surface area contributed by atoms with Crippen molar-refractivity contribution in [2.24, 2.45) is 0 Å². The van der Waals surface area contributed by atoms with Crippen LogP contribution in [0.2, 0.25) is 0 Å². The molecule has 0 saturated carbocycles. The lowest BCUT2D eigenvalue weighted by Gasteiger charge is -2.34. The molecule has 1 aromatic carbocycles. The first-order valence-electron chi connectivity index (χ1n) is 8.84. The van der Waals surface area contributed by atoms with Crippen LogP contribution in [0.1, 0.15) is 35.2 Å². The predicted octanol–water partition coefficient (Wildman–Crippen LogP) is 3.76. The van der Waals surface area contributed by atoms with E-state index < -0.39 is 0 Å². The lowest BCUT2D eigenvalue weighted by molar-refractivity contribution is -0.116. The zero-order valence-corrected chi connectivity index (χ0v) is 15.6. The Hall–Kier alpha value is -2.93. The van der Waals surface area contributed by atoms with Crippen LogP contribution in [0.4, 0.5) is 5.95 Å². The molecule has 1 aliphatic carbocycles. The summed E-state index contributed by atoms with van der Waals surface area (Å²) in [4.78, 5) is 18.8. The van der Waals surface area contributed by atoms with E-state index in [9.17, 15) is 4.79 Å². The molecule has 136 valence electrons. The Bertz CT molecular complexity index is 1020. The molecule has 1 N–H and O–H groups in total. The summed E-state index contributed by atoms with van der Waals surface area (Å²) < 4.78 is 7.06. The summed E-state index contributed by atoms with van der Waals surface area (Å²) in [5.41, 5.74) is 2.76. The number of rotatable bonds is 3. The number of nitrogens with one attached hydrogen (secondary N) is 1. The van der Waals surface area contributed by atoms with E-state index in [1.54, 1.807) is 23.1 Å². The second kappa shape index (κ2) is 6.35. The topological polar surface area (TPSA) is 69.0 Å². The molecule has 2 atom stereocenters. The summed E-state index contributed by atoms with van der Waals surface area (Å²) in [6, 6.07) is 11.7. The molecule has 6 nitrogen and oxygen atoms in total. The minimum atomic E-state index is -0.263. The molecule has 2 aromatic heterocycles. The van der Waals surface area contributed by atoms with Crippen LogP contribution in [0.5, 0.6) is 5.75 Å². The molecule has 5 rings (SSSR count). The van der Waals surface area contributed by atoms with Crippen molar-refractivity contribution in [1.29, 1.82) is 0 Å². The molecule has 2 aliphatic rings. The minimum Gasteiger partial charge on any atom is -0.497 e. The number of ketones is 1. The predicted molar refractivity (Wildman–Crippen MR) is 103 cm³/mol. The first-order chi connectivity index (χ1) is 13.2. The molecule has 0 fully saturated rings. The third-order valence-corrected chi connectivity index (χ3v) is 6.27. The Morgan fingerprint density at radius 1 is 1.22 bits per heavy atom. The number of carbonyl (C=O) groups excluding carboxylic acids is 1. The number of methoxy groups -OCH3 is 1. The third-order valence-electron chi connectivity index (χ3n) is 5.24. The number of aromatic nitrogens is 3. The number of ether oxygens (including phenoxy) is 1. The van der Waals surface area contributed by atoms with Gasteiger partial charge in [-0.1, -0.05) is 18.2 Å². The Kier molecular flexibility index (Phi) is 3.82. The zero-order chi connectivity index (χ0) is 18.4. The van der Waals surface area contributed by atoms with Gasteiger partial charge in [-0.2, -0.15) is 10.1 Å². The average molecular weight is 378 g/mol. The standard InChI is InChI=1S/C20H18N4O2S/c1-26-14-6-4-12(5-7-14)19-18-15(23-20-21-11-22-24(19)20)9-13(10-16(18)25)17-3-2-8-27-17/h2-8,11,13,19H,9-10H2,1H3,(H,21,22,23). The van der Waals surface area contributed by atoms with Crippen LogP contribution in [0.15, 0.2) is 59.4 Å². The lowest BCUT2D eigenvalue weighted by atomic mass is 9.80. The fraction of sp³-hybridized carbons (Fsp3) is 0.250.